The molecule has 104 valence electrons. The molecule has 0 radical (unpaired) electrons. The molecule has 1 aliphatic heterocycles. The van der Waals surface area contributed by atoms with Crippen LogP contribution in [0.25, 0.3) is 11.0 Å². The third kappa shape index (κ3) is 2.03. The molecule has 21 heavy (non-hydrogen) atoms. The van der Waals surface area contributed by atoms with Crippen LogP contribution in [0.4, 0.5) is 16.2 Å². The maximum atomic E-state index is 12.4. The summed E-state index contributed by atoms with van der Waals surface area (Å²) >= 11 is 0. The zero-order valence-corrected chi connectivity index (χ0v) is 11.3. The van der Waals surface area contributed by atoms with Crippen molar-refractivity contribution in [1.82, 2.24) is 9.97 Å². The molecule has 0 saturated carbocycles. The summed E-state index contributed by atoms with van der Waals surface area (Å²) in [5, 5.41) is 2.95. The van der Waals surface area contributed by atoms with E-state index in [1.807, 2.05) is 36.4 Å². The number of para-hydroxylation sites is 1. The SMILES string of the molecule is O=C(Nc1ccc2nc[nH]c2c1)N1CCc2ccccc21. The lowest BCUT2D eigenvalue weighted by Crippen LogP contribution is -2.33. The minimum atomic E-state index is -0.0983. The normalized spacial score (nSPS) is 13.4. The van der Waals surface area contributed by atoms with Crippen LogP contribution in [-0.4, -0.2) is 22.5 Å². The van der Waals surface area contributed by atoms with E-state index in [9.17, 15) is 4.79 Å². The first-order valence-corrected chi connectivity index (χ1v) is 6.91. The number of urea groups is 1. The number of rotatable bonds is 1. The maximum Gasteiger partial charge on any atom is 0.326 e. The van der Waals surface area contributed by atoms with Gasteiger partial charge in [-0.15, -0.1) is 0 Å². The highest BCUT2D eigenvalue weighted by Gasteiger charge is 2.24. The lowest BCUT2D eigenvalue weighted by Gasteiger charge is -2.18. The highest BCUT2D eigenvalue weighted by molar-refractivity contribution is 6.03. The molecule has 4 rings (SSSR count). The van der Waals surface area contributed by atoms with Gasteiger partial charge in [0, 0.05) is 17.9 Å². The Morgan fingerprint density at radius 1 is 1.24 bits per heavy atom. The zero-order valence-electron chi connectivity index (χ0n) is 11.3. The van der Waals surface area contributed by atoms with Gasteiger partial charge in [0.25, 0.3) is 0 Å². The Morgan fingerprint density at radius 2 is 2.14 bits per heavy atom. The van der Waals surface area contributed by atoms with E-state index in [4.69, 9.17) is 0 Å². The number of fused-ring (bicyclic) bond motifs is 2. The van der Waals surface area contributed by atoms with Crippen molar-refractivity contribution >= 4 is 28.4 Å². The number of aromatic amines is 1. The molecule has 0 fully saturated rings. The number of amides is 2. The third-order valence-electron chi connectivity index (χ3n) is 3.80. The summed E-state index contributed by atoms with van der Waals surface area (Å²) < 4.78 is 0. The van der Waals surface area contributed by atoms with E-state index in [0.29, 0.717) is 0 Å². The molecule has 0 unspecified atom stereocenters. The first kappa shape index (κ1) is 12.0. The van der Waals surface area contributed by atoms with E-state index >= 15 is 0 Å². The minimum absolute atomic E-state index is 0.0983. The second kappa shape index (κ2) is 4.63. The van der Waals surface area contributed by atoms with Gasteiger partial charge in [0.15, 0.2) is 0 Å². The molecular weight excluding hydrogens is 264 g/mol. The summed E-state index contributed by atoms with van der Waals surface area (Å²) in [4.78, 5) is 21.4. The molecule has 2 heterocycles. The van der Waals surface area contributed by atoms with Crippen LogP contribution in [0.2, 0.25) is 0 Å². The largest absolute Gasteiger partial charge is 0.345 e. The van der Waals surface area contributed by atoms with Gasteiger partial charge in [-0.1, -0.05) is 18.2 Å². The molecule has 0 atom stereocenters. The maximum absolute atomic E-state index is 12.4. The number of anilines is 2. The van der Waals surface area contributed by atoms with Gasteiger partial charge in [0.1, 0.15) is 0 Å². The van der Waals surface area contributed by atoms with Gasteiger partial charge in [0.05, 0.1) is 17.4 Å². The number of imidazole rings is 1. The number of carbonyl (C=O) groups is 1. The van der Waals surface area contributed by atoms with Crippen LogP contribution in [0.1, 0.15) is 5.56 Å². The standard InChI is InChI=1S/C16H14N4O/c21-16(20-8-7-11-3-1-2-4-15(11)20)19-12-5-6-13-14(9-12)18-10-17-13/h1-6,9-10H,7-8H2,(H,17,18)(H,19,21). The van der Waals surface area contributed by atoms with E-state index in [0.717, 1.165) is 35.4 Å². The average molecular weight is 278 g/mol. The van der Waals surface area contributed by atoms with Crippen molar-refractivity contribution in [2.24, 2.45) is 0 Å². The van der Waals surface area contributed by atoms with Crippen LogP contribution >= 0.6 is 0 Å². The lowest BCUT2D eigenvalue weighted by molar-refractivity contribution is 0.257. The second-order valence-electron chi connectivity index (χ2n) is 5.09. The number of hydrogen-bond donors (Lipinski definition) is 2. The fourth-order valence-corrected chi connectivity index (χ4v) is 2.75. The van der Waals surface area contributed by atoms with Gasteiger partial charge in [-0.3, -0.25) is 4.90 Å². The Morgan fingerprint density at radius 3 is 3.10 bits per heavy atom. The quantitative estimate of drug-likeness (QED) is 0.718. The Balaban J connectivity index is 1.58. The Labute approximate surface area is 121 Å². The Bertz CT molecular complexity index is 824. The monoisotopic (exact) mass is 278 g/mol. The van der Waals surface area contributed by atoms with Crippen LogP contribution in [0.15, 0.2) is 48.8 Å². The van der Waals surface area contributed by atoms with Crippen LogP contribution < -0.4 is 10.2 Å². The van der Waals surface area contributed by atoms with Gasteiger partial charge in [-0.05, 0) is 36.2 Å². The molecule has 5 nitrogen and oxygen atoms in total. The summed E-state index contributed by atoms with van der Waals surface area (Å²) in [6, 6.07) is 13.6. The van der Waals surface area contributed by atoms with Crippen LogP contribution in [0, 0.1) is 0 Å². The molecule has 2 amide bonds. The number of nitrogens with one attached hydrogen (secondary N) is 2. The predicted molar refractivity (Wildman–Crippen MR) is 82.6 cm³/mol. The fourth-order valence-electron chi connectivity index (χ4n) is 2.75. The van der Waals surface area contributed by atoms with Gasteiger partial charge in [-0.25, -0.2) is 9.78 Å². The molecule has 1 aliphatic rings. The van der Waals surface area contributed by atoms with E-state index < -0.39 is 0 Å². The highest BCUT2D eigenvalue weighted by atomic mass is 16.2. The second-order valence-corrected chi connectivity index (χ2v) is 5.09. The van der Waals surface area contributed by atoms with Crippen molar-refractivity contribution in [1.29, 1.82) is 0 Å². The van der Waals surface area contributed by atoms with E-state index in [-0.39, 0.29) is 6.03 Å². The summed E-state index contributed by atoms with van der Waals surface area (Å²) in [7, 11) is 0. The fraction of sp³-hybridized carbons (Fsp3) is 0.125. The van der Waals surface area contributed by atoms with Crippen LogP contribution in [0.3, 0.4) is 0 Å². The van der Waals surface area contributed by atoms with Gasteiger partial charge < -0.3 is 10.3 Å². The van der Waals surface area contributed by atoms with E-state index in [1.54, 1.807) is 11.2 Å². The minimum Gasteiger partial charge on any atom is -0.345 e. The molecule has 1 aromatic heterocycles. The van der Waals surface area contributed by atoms with Crippen molar-refractivity contribution in [3.05, 3.63) is 54.4 Å². The van der Waals surface area contributed by atoms with Crippen molar-refractivity contribution in [3.8, 4) is 0 Å². The van der Waals surface area contributed by atoms with Gasteiger partial charge >= 0.3 is 6.03 Å². The summed E-state index contributed by atoms with van der Waals surface area (Å²) in [5.41, 5.74) is 4.78. The van der Waals surface area contributed by atoms with Crippen molar-refractivity contribution in [2.75, 3.05) is 16.8 Å². The first-order chi connectivity index (χ1) is 10.3. The van der Waals surface area contributed by atoms with Gasteiger partial charge in [0.2, 0.25) is 0 Å². The molecule has 2 N–H and O–H groups in total. The highest BCUT2D eigenvalue weighted by Crippen LogP contribution is 2.28. The summed E-state index contributed by atoms with van der Waals surface area (Å²) in [6.07, 6.45) is 2.55. The summed E-state index contributed by atoms with van der Waals surface area (Å²) in [6.45, 7) is 0.720. The molecule has 3 aromatic rings. The van der Waals surface area contributed by atoms with Crippen molar-refractivity contribution in [3.63, 3.8) is 0 Å². The Hall–Kier alpha value is -2.82. The van der Waals surface area contributed by atoms with Crippen LogP contribution in [-0.2, 0) is 6.42 Å². The Kier molecular flexibility index (Phi) is 2.64. The number of hydrogen-bond acceptors (Lipinski definition) is 2. The van der Waals surface area contributed by atoms with E-state index in [1.165, 1.54) is 5.56 Å². The van der Waals surface area contributed by atoms with Gasteiger partial charge in [-0.2, -0.15) is 0 Å². The number of aromatic nitrogens is 2. The third-order valence-corrected chi connectivity index (χ3v) is 3.80. The molecule has 2 aromatic carbocycles. The molecular formula is C16H14N4O. The lowest BCUT2D eigenvalue weighted by atomic mass is 10.2. The molecule has 0 aliphatic carbocycles. The zero-order chi connectivity index (χ0) is 14.2. The smallest absolute Gasteiger partial charge is 0.326 e. The summed E-state index contributed by atoms with van der Waals surface area (Å²) in [5.74, 6) is 0. The number of carbonyl (C=O) groups excluding carboxylic acids is 1. The number of nitrogens with zero attached hydrogens (tertiary/aromatic N) is 2. The van der Waals surface area contributed by atoms with Crippen molar-refractivity contribution in [2.45, 2.75) is 6.42 Å². The average Bonchev–Trinajstić information content (AvgIpc) is 3.13. The predicted octanol–water partition coefficient (Wildman–Crippen LogP) is 3.16. The van der Waals surface area contributed by atoms with E-state index in [2.05, 4.69) is 21.4 Å². The molecule has 0 spiro atoms. The topological polar surface area (TPSA) is 61.0 Å². The molecule has 0 bridgehead atoms. The van der Waals surface area contributed by atoms with Crippen LogP contribution in [0.5, 0.6) is 0 Å². The number of benzene rings is 2. The molecule has 0 saturated heterocycles. The molecule has 5 heteroatoms. The number of H-pyrrole nitrogens is 1. The van der Waals surface area contributed by atoms with Crippen molar-refractivity contribution < 1.29 is 4.79 Å². The first-order valence-electron chi connectivity index (χ1n) is 6.91.